The van der Waals surface area contributed by atoms with Gasteiger partial charge in [0.1, 0.15) is 5.82 Å². The van der Waals surface area contributed by atoms with Gasteiger partial charge >= 0.3 is 5.51 Å². The summed E-state index contributed by atoms with van der Waals surface area (Å²) in [4.78, 5) is -0.0917. The smallest absolute Gasteiger partial charge is 0.207 e. The van der Waals surface area contributed by atoms with Crippen LogP contribution in [0.15, 0.2) is 23.1 Å². The zero-order valence-electron chi connectivity index (χ0n) is 8.07. The second kappa shape index (κ2) is 4.88. The summed E-state index contributed by atoms with van der Waals surface area (Å²) in [5.41, 5.74) is -3.76. The summed E-state index contributed by atoms with van der Waals surface area (Å²) >= 11 is -0.285. The van der Waals surface area contributed by atoms with Gasteiger partial charge in [0.15, 0.2) is 0 Å². The Bertz CT molecular complexity index is 333. The zero-order chi connectivity index (χ0) is 11.5. The maximum absolute atomic E-state index is 12.9. The predicted octanol–water partition coefficient (Wildman–Crippen LogP) is 4.39. The van der Waals surface area contributed by atoms with Gasteiger partial charge in [0.05, 0.1) is 0 Å². The summed E-state index contributed by atoms with van der Waals surface area (Å²) in [6, 6.07) is 3.55. The van der Waals surface area contributed by atoms with Crippen LogP contribution in [0, 0.1) is 5.82 Å². The Balaban J connectivity index is 2.88. The molecule has 0 bridgehead atoms. The second-order valence-corrected chi connectivity index (χ2v) is 4.23. The molecule has 0 N–H and O–H groups in total. The van der Waals surface area contributed by atoms with Crippen LogP contribution in [0.5, 0.6) is 0 Å². The molecule has 0 saturated carbocycles. The van der Waals surface area contributed by atoms with E-state index in [1.165, 1.54) is 12.1 Å². The van der Waals surface area contributed by atoms with E-state index in [1.54, 1.807) is 0 Å². The van der Waals surface area contributed by atoms with E-state index >= 15 is 0 Å². The van der Waals surface area contributed by atoms with E-state index < -0.39 is 11.3 Å². The highest BCUT2D eigenvalue weighted by atomic mass is 32.2. The molecule has 0 spiro atoms. The lowest BCUT2D eigenvalue weighted by Crippen LogP contribution is -1.99. The lowest BCUT2D eigenvalue weighted by Gasteiger charge is -2.07. The van der Waals surface area contributed by atoms with Crippen LogP contribution in [-0.4, -0.2) is 5.51 Å². The lowest BCUT2D eigenvalue weighted by atomic mass is 10.1. The second-order valence-electron chi connectivity index (χ2n) is 3.09. The molecule has 1 rings (SSSR count). The molecule has 0 saturated heterocycles. The third-order valence-corrected chi connectivity index (χ3v) is 2.41. The molecule has 0 nitrogen and oxygen atoms in total. The third-order valence-electron chi connectivity index (χ3n) is 1.70. The van der Waals surface area contributed by atoms with Gasteiger partial charge in [-0.2, -0.15) is 13.2 Å². The molecular formula is C10H10F4S. The quantitative estimate of drug-likeness (QED) is 0.556. The number of aryl methyl sites for hydroxylation is 1. The Hall–Kier alpha value is -0.710. The van der Waals surface area contributed by atoms with Crippen LogP contribution in [0.2, 0.25) is 0 Å². The Morgan fingerprint density at radius 2 is 1.87 bits per heavy atom. The fourth-order valence-electron chi connectivity index (χ4n) is 1.25. The number of hydrogen-bond donors (Lipinski definition) is 0. The number of thioether (sulfide) groups is 1. The van der Waals surface area contributed by atoms with Crippen LogP contribution in [0.1, 0.15) is 18.9 Å². The van der Waals surface area contributed by atoms with E-state index in [4.69, 9.17) is 0 Å². The topological polar surface area (TPSA) is 0 Å². The van der Waals surface area contributed by atoms with Gasteiger partial charge in [0.25, 0.3) is 0 Å². The average Bonchev–Trinajstić information content (AvgIpc) is 1.99. The fourth-order valence-corrected chi connectivity index (χ4v) is 1.90. The van der Waals surface area contributed by atoms with E-state index in [9.17, 15) is 17.6 Å². The van der Waals surface area contributed by atoms with Crippen LogP contribution >= 0.6 is 11.8 Å². The highest BCUT2D eigenvalue weighted by Crippen LogP contribution is 2.37. The molecule has 0 fully saturated rings. The molecule has 0 aliphatic carbocycles. The number of halogens is 4. The number of rotatable bonds is 3. The Kier molecular flexibility index (Phi) is 4.02. The van der Waals surface area contributed by atoms with Gasteiger partial charge < -0.3 is 0 Å². The lowest BCUT2D eigenvalue weighted by molar-refractivity contribution is -0.0328. The van der Waals surface area contributed by atoms with Crippen molar-refractivity contribution in [1.82, 2.24) is 0 Å². The van der Waals surface area contributed by atoms with Crippen LogP contribution in [0.3, 0.4) is 0 Å². The molecule has 15 heavy (non-hydrogen) atoms. The van der Waals surface area contributed by atoms with Crippen molar-refractivity contribution in [2.24, 2.45) is 0 Å². The van der Waals surface area contributed by atoms with E-state index in [1.807, 2.05) is 6.92 Å². The first-order valence-corrected chi connectivity index (χ1v) is 5.27. The standard InChI is InChI=1S/C10H10F4S/c1-2-3-7-4-8(11)6-9(5-7)15-10(12,13)14/h4-6H,2-3H2,1H3. The van der Waals surface area contributed by atoms with Gasteiger partial charge in [-0.1, -0.05) is 13.3 Å². The molecule has 0 aliphatic rings. The molecule has 0 aromatic heterocycles. The Labute approximate surface area is 89.7 Å². The van der Waals surface area contributed by atoms with Gasteiger partial charge in [-0.05, 0) is 41.9 Å². The van der Waals surface area contributed by atoms with Gasteiger partial charge in [-0.25, -0.2) is 4.39 Å². The molecule has 84 valence electrons. The van der Waals surface area contributed by atoms with Crippen molar-refractivity contribution in [1.29, 1.82) is 0 Å². The predicted molar refractivity (Wildman–Crippen MR) is 52.3 cm³/mol. The maximum Gasteiger partial charge on any atom is 0.446 e. The average molecular weight is 238 g/mol. The van der Waals surface area contributed by atoms with Crippen molar-refractivity contribution < 1.29 is 17.6 Å². The SMILES string of the molecule is CCCc1cc(F)cc(SC(F)(F)F)c1. The summed E-state index contributed by atoms with van der Waals surface area (Å²) in [6.45, 7) is 1.89. The maximum atomic E-state index is 12.9. The molecule has 1 aromatic carbocycles. The van der Waals surface area contributed by atoms with Gasteiger partial charge in [-0.3, -0.25) is 0 Å². The molecule has 0 aliphatic heterocycles. The van der Waals surface area contributed by atoms with Gasteiger partial charge in [0, 0.05) is 4.90 Å². The summed E-state index contributed by atoms with van der Waals surface area (Å²) in [5, 5.41) is 0. The monoisotopic (exact) mass is 238 g/mol. The summed E-state index contributed by atoms with van der Waals surface area (Å²) in [5.74, 6) is -0.618. The Morgan fingerprint density at radius 1 is 1.20 bits per heavy atom. The zero-order valence-corrected chi connectivity index (χ0v) is 8.88. The molecule has 0 radical (unpaired) electrons. The van der Waals surface area contributed by atoms with Crippen molar-refractivity contribution in [3.8, 4) is 0 Å². The summed E-state index contributed by atoms with van der Waals surface area (Å²) < 4.78 is 49.0. The number of alkyl halides is 3. The van der Waals surface area contributed by atoms with Crippen LogP contribution in [-0.2, 0) is 6.42 Å². The van der Waals surface area contributed by atoms with Crippen LogP contribution < -0.4 is 0 Å². The van der Waals surface area contributed by atoms with Gasteiger partial charge in [-0.15, -0.1) is 0 Å². The number of hydrogen-bond acceptors (Lipinski definition) is 1. The van der Waals surface area contributed by atoms with Gasteiger partial charge in [0.2, 0.25) is 0 Å². The van der Waals surface area contributed by atoms with E-state index in [0.717, 1.165) is 12.5 Å². The first-order valence-electron chi connectivity index (χ1n) is 4.46. The molecule has 5 heteroatoms. The van der Waals surface area contributed by atoms with E-state index in [-0.39, 0.29) is 16.7 Å². The highest BCUT2D eigenvalue weighted by Gasteiger charge is 2.29. The minimum Gasteiger partial charge on any atom is -0.207 e. The molecule has 1 aromatic rings. The highest BCUT2D eigenvalue weighted by molar-refractivity contribution is 8.00. The van der Waals surface area contributed by atoms with Crippen molar-refractivity contribution in [2.45, 2.75) is 30.2 Å². The van der Waals surface area contributed by atoms with Crippen molar-refractivity contribution in [3.05, 3.63) is 29.6 Å². The van der Waals surface area contributed by atoms with Crippen molar-refractivity contribution in [2.75, 3.05) is 0 Å². The largest absolute Gasteiger partial charge is 0.446 e. The molecular weight excluding hydrogens is 228 g/mol. The normalized spacial score (nSPS) is 11.8. The van der Waals surface area contributed by atoms with Crippen molar-refractivity contribution >= 4 is 11.8 Å². The minimum atomic E-state index is -4.36. The third kappa shape index (κ3) is 4.55. The molecule has 0 amide bonds. The first-order chi connectivity index (χ1) is 6.90. The molecule has 0 atom stereocenters. The summed E-state index contributed by atoms with van der Waals surface area (Å²) in [7, 11) is 0. The minimum absolute atomic E-state index is 0.0917. The summed E-state index contributed by atoms with van der Waals surface area (Å²) in [6.07, 6.45) is 1.36. The Morgan fingerprint density at radius 3 is 2.40 bits per heavy atom. The number of benzene rings is 1. The first kappa shape index (κ1) is 12.4. The van der Waals surface area contributed by atoms with Crippen LogP contribution in [0.25, 0.3) is 0 Å². The van der Waals surface area contributed by atoms with E-state index in [2.05, 4.69) is 0 Å². The van der Waals surface area contributed by atoms with Crippen LogP contribution in [0.4, 0.5) is 17.6 Å². The fraction of sp³-hybridized carbons (Fsp3) is 0.400. The molecule has 0 unspecified atom stereocenters. The molecule has 0 heterocycles. The van der Waals surface area contributed by atoms with E-state index in [0.29, 0.717) is 12.0 Å². The van der Waals surface area contributed by atoms with Crippen molar-refractivity contribution in [3.63, 3.8) is 0 Å².